The summed E-state index contributed by atoms with van der Waals surface area (Å²) in [6, 6.07) is 14.6. The van der Waals surface area contributed by atoms with Crippen molar-refractivity contribution in [3.63, 3.8) is 0 Å². The fraction of sp³-hybridized carbons (Fsp3) is 0.200. The lowest BCUT2D eigenvalue weighted by molar-refractivity contribution is 0.0955. The van der Waals surface area contributed by atoms with Gasteiger partial charge in [0, 0.05) is 5.56 Å². The highest BCUT2D eigenvalue weighted by molar-refractivity contribution is 5.99. The quantitative estimate of drug-likeness (QED) is 0.615. The molecule has 0 bridgehead atoms. The van der Waals surface area contributed by atoms with Crippen LogP contribution in [-0.4, -0.2) is 25.3 Å². The number of carbonyl (C=O) groups is 1. The van der Waals surface area contributed by atoms with E-state index in [4.69, 9.17) is 9.47 Å². The largest absolute Gasteiger partial charge is 0.497 e. The maximum absolute atomic E-state index is 12.1. The SMILES string of the molecule is CCOc1ccc(C(=O)NN=C(C)C=Cc2ccc(OC)cc2)cc1. The third-order valence-corrected chi connectivity index (χ3v) is 3.39. The van der Waals surface area contributed by atoms with Gasteiger partial charge < -0.3 is 9.47 Å². The molecule has 2 aromatic rings. The Hall–Kier alpha value is -3.08. The molecule has 1 amide bonds. The van der Waals surface area contributed by atoms with E-state index in [0.717, 1.165) is 17.1 Å². The Bertz CT molecular complexity index is 748. The molecule has 0 saturated heterocycles. The standard InChI is InChI=1S/C20H22N2O3/c1-4-25-19-13-9-17(10-14-19)20(23)22-21-15(2)5-6-16-7-11-18(24-3)12-8-16/h5-14H,4H2,1-3H3,(H,22,23). The molecule has 25 heavy (non-hydrogen) atoms. The fourth-order valence-corrected chi connectivity index (χ4v) is 2.04. The van der Waals surface area contributed by atoms with Crippen LogP contribution in [0.5, 0.6) is 11.5 Å². The van der Waals surface area contributed by atoms with Crippen molar-refractivity contribution in [2.75, 3.05) is 13.7 Å². The van der Waals surface area contributed by atoms with Crippen molar-refractivity contribution in [2.24, 2.45) is 5.10 Å². The Morgan fingerprint density at radius 3 is 2.32 bits per heavy atom. The maximum Gasteiger partial charge on any atom is 0.271 e. The minimum atomic E-state index is -0.264. The smallest absolute Gasteiger partial charge is 0.271 e. The zero-order valence-corrected chi connectivity index (χ0v) is 14.7. The van der Waals surface area contributed by atoms with Crippen LogP contribution in [0.4, 0.5) is 0 Å². The average molecular weight is 338 g/mol. The van der Waals surface area contributed by atoms with Crippen LogP contribution in [0.3, 0.4) is 0 Å². The molecule has 0 saturated carbocycles. The molecule has 5 heteroatoms. The number of nitrogens with one attached hydrogen (secondary N) is 1. The molecular weight excluding hydrogens is 316 g/mol. The van der Waals surface area contributed by atoms with Crippen molar-refractivity contribution in [1.29, 1.82) is 0 Å². The van der Waals surface area contributed by atoms with E-state index in [2.05, 4.69) is 10.5 Å². The molecule has 0 radical (unpaired) electrons. The summed E-state index contributed by atoms with van der Waals surface area (Å²) in [7, 11) is 1.63. The number of hydrogen-bond acceptors (Lipinski definition) is 4. The molecule has 2 aromatic carbocycles. The summed E-state index contributed by atoms with van der Waals surface area (Å²) < 4.78 is 10.5. The van der Waals surface area contributed by atoms with E-state index in [0.29, 0.717) is 17.9 Å². The normalized spacial score (nSPS) is 11.4. The van der Waals surface area contributed by atoms with Gasteiger partial charge in [0.05, 0.1) is 19.4 Å². The molecule has 0 fully saturated rings. The second-order valence-electron chi connectivity index (χ2n) is 5.26. The van der Waals surface area contributed by atoms with Crippen LogP contribution in [0, 0.1) is 0 Å². The molecule has 0 aromatic heterocycles. The number of nitrogens with zero attached hydrogens (tertiary/aromatic N) is 1. The van der Waals surface area contributed by atoms with Crippen LogP contribution < -0.4 is 14.9 Å². The predicted molar refractivity (Wildman–Crippen MR) is 100 cm³/mol. The number of ether oxygens (including phenoxy) is 2. The predicted octanol–water partition coefficient (Wildman–Crippen LogP) is 3.91. The Morgan fingerprint density at radius 1 is 1.08 bits per heavy atom. The van der Waals surface area contributed by atoms with Gasteiger partial charge >= 0.3 is 0 Å². The van der Waals surface area contributed by atoms with Gasteiger partial charge in [-0.2, -0.15) is 5.10 Å². The maximum atomic E-state index is 12.1. The number of methoxy groups -OCH3 is 1. The molecule has 2 rings (SSSR count). The Labute approximate surface area is 148 Å². The van der Waals surface area contributed by atoms with E-state index < -0.39 is 0 Å². The van der Waals surface area contributed by atoms with Crippen molar-refractivity contribution >= 4 is 17.7 Å². The average Bonchev–Trinajstić information content (AvgIpc) is 2.65. The summed E-state index contributed by atoms with van der Waals surface area (Å²) in [6.07, 6.45) is 3.75. The lowest BCUT2D eigenvalue weighted by atomic mass is 10.2. The van der Waals surface area contributed by atoms with Crippen LogP contribution in [0.25, 0.3) is 6.08 Å². The highest BCUT2D eigenvalue weighted by atomic mass is 16.5. The summed E-state index contributed by atoms with van der Waals surface area (Å²) in [5.74, 6) is 1.28. The summed E-state index contributed by atoms with van der Waals surface area (Å²) in [6.45, 7) is 4.33. The van der Waals surface area contributed by atoms with Gasteiger partial charge in [0.15, 0.2) is 0 Å². The van der Waals surface area contributed by atoms with E-state index in [1.807, 2.05) is 50.3 Å². The molecule has 5 nitrogen and oxygen atoms in total. The number of amides is 1. The Balaban J connectivity index is 1.92. The highest BCUT2D eigenvalue weighted by Crippen LogP contribution is 2.13. The summed E-state index contributed by atoms with van der Waals surface area (Å²) in [5, 5.41) is 4.08. The second-order valence-corrected chi connectivity index (χ2v) is 5.26. The van der Waals surface area contributed by atoms with Crippen molar-refractivity contribution in [2.45, 2.75) is 13.8 Å². The molecule has 0 aliphatic carbocycles. The number of rotatable bonds is 7. The molecule has 1 N–H and O–H groups in total. The zero-order valence-electron chi connectivity index (χ0n) is 14.7. The van der Waals surface area contributed by atoms with E-state index in [-0.39, 0.29) is 5.91 Å². The fourth-order valence-electron chi connectivity index (χ4n) is 2.04. The summed E-state index contributed by atoms with van der Waals surface area (Å²) in [4.78, 5) is 12.1. The number of allylic oxidation sites excluding steroid dienone is 1. The first kappa shape index (κ1) is 18.3. The van der Waals surface area contributed by atoms with Crippen molar-refractivity contribution in [3.8, 4) is 11.5 Å². The van der Waals surface area contributed by atoms with E-state index in [1.54, 1.807) is 31.4 Å². The third-order valence-electron chi connectivity index (χ3n) is 3.39. The molecule has 0 spiro atoms. The van der Waals surface area contributed by atoms with E-state index in [1.165, 1.54) is 0 Å². The summed E-state index contributed by atoms with van der Waals surface area (Å²) >= 11 is 0. The van der Waals surface area contributed by atoms with Gasteiger partial charge in [0.25, 0.3) is 5.91 Å². The van der Waals surface area contributed by atoms with Crippen LogP contribution in [-0.2, 0) is 0 Å². The molecular formula is C20H22N2O3. The Morgan fingerprint density at radius 2 is 1.72 bits per heavy atom. The van der Waals surface area contributed by atoms with Crippen molar-refractivity contribution < 1.29 is 14.3 Å². The highest BCUT2D eigenvalue weighted by Gasteiger charge is 2.04. The lowest BCUT2D eigenvalue weighted by Crippen LogP contribution is -2.18. The first-order chi connectivity index (χ1) is 12.1. The van der Waals surface area contributed by atoms with Crippen LogP contribution in [0.1, 0.15) is 29.8 Å². The van der Waals surface area contributed by atoms with Crippen molar-refractivity contribution in [3.05, 3.63) is 65.7 Å². The van der Waals surface area contributed by atoms with Gasteiger partial charge in [0.2, 0.25) is 0 Å². The van der Waals surface area contributed by atoms with Gasteiger partial charge in [-0.3, -0.25) is 4.79 Å². The first-order valence-electron chi connectivity index (χ1n) is 8.02. The number of hydrogen-bond donors (Lipinski definition) is 1. The minimum Gasteiger partial charge on any atom is -0.497 e. The van der Waals surface area contributed by atoms with E-state index >= 15 is 0 Å². The number of carbonyl (C=O) groups excluding carboxylic acids is 1. The molecule has 0 unspecified atom stereocenters. The Kier molecular flexibility index (Phi) is 6.77. The zero-order chi connectivity index (χ0) is 18.1. The third kappa shape index (κ3) is 5.80. The second kappa shape index (κ2) is 9.27. The van der Waals surface area contributed by atoms with Gasteiger partial charge in [0.1, 0.15) is 11.5 Å². The topological polar surface area (TPSA) is 59.9 Å². The van der Waals surface area contributed by atoms with Gasteiger partial charge in [-0.25, -0.2) is 5.43 Å². The first-order valence-corrected chi connectivity index (χ1v) is 8.02. The minimum absolute atomic E-state index is 0.264. The van der Waals surface area contributed by atoms with Gasteiger partial charge in [-0.1, -0.05) is 18.2 Å². The van der Waals surface area contributed by atoms with Crippen LogP contribution in [0.15, 0.2) is 59.7 Å². The molecule has 130 valence electrons. The number of benzene rings is 2. The van der Waals surface area contributed by atoms with Gasteiger partial charge in [-0.05, 0) is 61.9 Å². The summed E-state index contributed by atoms with van der Waals surface area (Å²) in [5.41, 5.74) is 4.78. The van der Waals surface area contributed by atoms with Crippen LogP contribution >= 0.6 is 0 Å². The number of hydrazone groups is 1. The molecule has 0 atom stereocenters. The monoisotopic (exact) mass is 338 g/mol. The molecule has 0 aliphatic heterocycles. The van der Waals surface area contributed by atoms with Crippen LogP contribution in [0.2, 0.25) is 0 Å². The molecule has 0 aliphatic rings. The molecule has 0 heterocycles. The lowest BCUT2D eigenvalue weighted by Gasteiger charge is -2.04. The van der Waals surface area contributed by atoms with E-state index in [9.17, 15) is 4.79 Å². The van der Waals surface area contributed by atoms with Gasteiger partial charge in [-0.15, -0.1) is 0 Å². The van der Waals surface area contributed by atoms with Crippen molar-refractivity contribution in [1.82, 2.24) is 5.43 Å².